The summed E-state index contributed by atoms with van der Waals surface area (Å²) in [6.45, 7) is 7.13. The Balaban J connectivity index is 2.05. The first-order chi connectivity index (χ1) is 19.3. The molecule has 2 amide bonds. The van der Waals surface area contributed by atoms with Gasteiger partial charge in [0.25, 0.3) is 10.0 Å². The predicted molar refractivity (Wildman–Crippen MR) is 166 cm³/mol. The van der Waals surface area contributed by atoms with Crippen LogP contribution in [0.25, 0.3) is 0 Å². The zero-order valence-electron chi connectivity index (χ0n) is 23.5. The van der Waals surface area contributed by atoms with Crippen LogP contribution in [0.15, 0.2) is 65.6 Å². The number of nitrogens with one attached hydrogen (secondary N) is 1. The molecule has 0 saturated carbocycles. The van der Waals surface area contributed by atoms with Crippen LogP contribution in [0.2, 0.25) is 15.1 Å². The number of hydrogen-bond acceptors (Lipinski definition) is 4. The van der Waals surface area contributed by atoms with Crippen molar-refractivity contribution in [3.63, 3.8) is 0 Å². The molecule has 0 aromatic heterocycles. The molecule has 11 heteroatoms. The average molecular weight is 639 g/mol. The summed E-state index contributed by atoms with van der Waals surface area (Å²) in [6.07, 6.45) is 1.68. The van der Waals surface area contributed by atoms with Crippen molar-refractivity contribution in [2.75, 3.05) is 17.4 Å². The second-order valence-electron chi connectivity index (χ2n) is 9.85. The van der Waals surface area contributed by atoms with Gasteiger partial charge in [0.15, 0.2) is 0 Å². The number of hydrogen-bond donors (Lipinski definition) is 1. The maximum atomic E-state index is 14.0. The number of halogens is 3. The monoisotopic (exact) mass is 637 g/mol. The number of carbonyl (C=O) groups is 2. The minimum absolute atomic E-state index is 0.0100. The molecule has 0 heterocycles. The third-order valence-electron chi connectivity index (χ3n) is 6.65. The van der Waals surface area contributed by atoms with Gasteiger partial charge < -0.3 is 10.2 Å². The minimum Gasteiger partial charge on any atom is -0.354 e. The Labute approximate surface area is 257 Å². The van der Waals surface area contributed by atoms with Gasteiger partial charge in [-0.25, -0.2) is 8.42 Å². The molecule has 7 nitrogen and oxygen atoms in total. The number of unbranched alkanes of at least 4 members (excludes halogenated alkanes) is 1. The molecule has 0 saturated heterocycles. The van der Waals surface area contributed by atoms with E-state index in [1.165, 1.54) is 17.0 Å². The maximum absolute atomic E-state index is 14.0. The summed E-state index contributed by atoms with van der Waals surface area (Å²) in [7, 11) is -4.18. The van der Waals surface area contributed by atoms with E-state index in [9.17, 15) is 18.0 Å². The Bertz CT molecular complexity index is 1500. The molecule has 0 spiro atoms. The summed E-state index contributed by atoms with van der Waals surface area (Å²) >= 11 is 18.5. The second kappa shape index (κ2) is 14.4. The fraction of sp³-hybridized carbons (Fsp3) is 0.333. The van der Waals surface area contributed by atoms with E-state index >= 15 is 0 Å². The fourth-order valence-electron chi connectivity index (χ4n) is 4.20. The predicted octanol–water partition coefficient (Wildman–Crippen LogP) is 6.79. The van der Waals surface area contributed by atoms with Crippen LogP contribution in [0.5, 0.6) is 0 Å². The first-order valence-corrected chi connectivity index (χ1v) is 15.8. The summed E-state index contributed by atoms with van der Waals surface area (Å²) in [5, 5.41) is 3.95. The van der Waals surface area contributed by atoms with Gasteiger partial charge in [-0.2, -0.15) is 0 Å². The van der Waals surface area contributed by atoms with Gasteiger partial charge in [-0.1, -0.05) is 71.9 Å². The Morgan fingerprint density at radius 1 is 0.927 bits per heavy atom. The Morgan fingerprint density at radius 3 is 2.22 bits per heavy atom. The number of rotatable bonds is 12. The van der Waals surface area contributed by atoms with E-state index < -0.39 is 28.5 Å². The summed E-state index contributed by atoms with van der Waals surface area (Å²) in [5.74, 6) is -0.915. The molecule has 0 fully saturated rings. The Kier molecular flexibility index (Phi) is 11.5. The van der Waals surface area contributed by atoms with Gasteiger partial charge in [0, 0.05) is 18.1 Å². The van der Waals surface area contributed by atoms with Crippen molar-refractivity contribution >= 4 is 62.3 Å². The van der Waals surface area contributed by atoms with Crippen LogP contribution < -0.4 is 9.62 Å². The van der Waals surface area contributed by atoms with E-state index in [2.05, 4.69) is 5.32 Å². The lowest BCUT2D eigenvalue weighted by Crippen LogP contribution is -2.51. The van der Waals surface area contributed by atoms with Gasteiger partial charge in [0.2, 0.25) is 11.8 Å². The van der Waals surface area contributed by atoms with Crippen molar-refractivity contribution < 1.29 is 18.0 Å². The van der Waals surface area contributed by atoms with Crippen LogP contribution in [0, 0.1) is 13.8 Å². The molecule has 0 aliphatic heterocycles. The van der Waals surface area contributed by atoms with Crippen molar-refractivity contribution in [2.24, 2.45) is 0 Å². The summed E-state index contributed by atoms with van der Waals surface area (Å²) < 4.78 is 29.0. The molecule has 220 valence electrons. The second-order valence-corrected chi connectivity index (χ2v) is 13.0. The molecule has 0 aliphatic carbocycles. The summed E-state index contributed by atoms with van der Waals surface area (Å²) in [4.78, 5) is 28.5. The number of amides is 2. The molecular weight excluding hydrogens is 605 g/mol. The molecule has 41 heavy (non-hydrogen) atoms. The molecule has 0 bridgehead atoms. The van der Waals surface area contributed by atoms with E-state index in [0.29, 0.717) is 38.4 Å². The molecule has 0 radical (unpaired) electrons. The molecule has 3 rings (SSSR count). The van der Waals surface area contributed by atoms with Gasteiger partial charge in [0.1, 0.15) is 12.6 Å². The van der Waals surface area contributed by atoms with E-state index in [0.717, 1.165) is 22.7 Å². The largest absolute Gasteiger partial charge is 0.354 e. The van der Waals surface area contributed by atoms with E-state index in [1.807, 2.05) is 13.8 Å². The van der Waals surface area contributed by atoms with E-state index in [-0.39, 0.29) is 17.3 Å². The first-order valence-electron chi connectivity index (χ1n) is 13.2. The normalized spacial score (nSPS) is 12.1. The molecule has 0 aliphatic rings. The van der Waals surface area contributed by atoms with Crippen molar-refractivity contribution in [1.29, 1.82) is 0 Å². The fourth-order valence-corrected chi connectivity index (χ4v) is 6.23. The number of sulfonamides is 1. The maximum Gasteiger partial charge on any atom is 0.264 e. The molecule has 3 aromatic carbocycles. The lowest BCUT2D eigenvalue weighted by molar-refractivity contribution is -0.139. The van der Waals surface area contributed by atoms with Crippen molar-refractivity contribution in [1.82, 2.24) is 10.2 Å². The number of carbonyl (C=O) groups excluding carboxylic acids is 2. The van der Waals surface area contributed by atoms with Crippen LogP contribution >= 0.6 is 34.8 Å². The minimum atomic E-state index is -4.18. The molecule has 1 atom stereocenters. The first kappa shape index (κ1) is 32.7. The quantitative estimate of drug-likeness (QED) is 0.221. The lowest BCUT2D eigenvalue weighted by atomic mass is 10.1. The number of aryl methyl sites for hydroxylation is 2. The number of nitrogens with zero attached hydrogens (tertiary/aromatic N) is 2. The zero-order valence-corrected chi connectivity index (χ0v) is 26.5. The van der Waals surface area contributed by atoms with E-state index in [1.54, 1.807) is 62.4 Å². The van der Waals surface area contributed by atoms with Crippen LogP contribution in [0.1, 0.15) is 43.4 Å². The van der Waals surface area contributed by atoms with Crippen LogP contribution in [0.4, 0.5) is 5.69 Å². The van der Waals surface area contributed by atoms with Crippen molar-refractivity contribution in [2.45, 2.75) is 58.0 Å². The topological polar surface area (TPSA) is 86.8 Å². The van der Waals surface area contributed by atoms with Gasteiger partial charge in [-0.05, 0) is 80.8 Å². The highest BCUT2D eigenvalue weighted by Crippen LogP contribution is 2.30. The zero-order chi connectivity index (χ0) is 30.3. The van der Waals surface area contributed by atoms with Crippen molar-refractivity contribution in [3.05, 3.63) is 92.4 Å². The van der Waals surface area contributed by atoms with Gasteiger partial charge in [-0.15, -0.1) is 0 Å². The van der Waals surface area contributed by atoms with Gasteiger partial charge in [-0.3, -0.25) is 13.9 Å². The van der Waals surface area contributed by atoms with Crippen molar-refractivity contribution in [3.8, 4) is 0 Å². The summed E-state index contributed by atoms with van der Waals surface area (Å²) in [5.41, 5.74) is 2.40. The third kappa shape index (κ3) is 8.38. The molecular formula is C30H34Cl3N3O4S. The highest BCUT2D eigenvalue weighted by atomic mass is 35.5. The van der Waals surface area contributed by atoms with Gasteiger partial charge in [0.05, 0.1) is 20.6 Å². The molecule has 3 aromatic rings. The van der Waals surface area contributed by atoms with E-state index in [4.69, 9.17) is 34.8 Å². The molecule has 1 N–H and O–H groups in total. The summed E-state index contributed by atoms with van der Waals surface area (Å²) in [6, 6.07) is 15.2. The molecule has 0 unspecified atom stereocenters. The highest BCUT2D eigenvalue weighted by Gasteiger charge is 2.33. The Hall–Kier alpha value is -2.78. The third-order valence-corrected chi connectivity index (χ3v) is 9.40. The lowest BCUT2D eigenvalue weighted by Gasteiger charge is -2.32. The van der Waals surface area contributed by atoms with Crippen LogP contribution in [-0.4, -0.2) is 44.3 Å². The SMILES string of the molecule is CCCCNC(=O)[C@H](C)N(Cc1ccc(Cl)c(Cl)c1)C(=O)CN(c1ccc(Cl)cc1C)S(=O)(=O)c1ccc(C)cc1. The van der Waals surface area contributed by atoms with Gasteiger partial charge >= 0.3 is 0 Å². The smallest absolute Gasteiger partial charge is 0.264 e. The number of anilines is 1. The standard InChI is InChI=1S/C30H34Cl3N3O4S/c1-5-6-15-34-30(38)22(4)35(18-23-9-13-26(32)27(33)17-23)29(37)19-36(28-14-10-24(31)16-21(28)3)41(39,40)25-11-7-20(2)8-12-25/h7-14,16-17,22H,5-6,15,18-19H2,1-4H3,(H,34,38)/t22-/m0/s1. The van der Waals surface area contributed by atoms with Crippen LogP contribution in [0.3, 0.4) is 0 Å². The average Bonchev–Trinajstić information content (AvgIpc) is 2.92. The Morgan fingerprint density at radius 2 is 1.61 bits per heavy atom. The van der Waals surface area contributed by atoms with Crippen LogP contribution in [-0.2, 0) is 26.2 Å². The highest BCUT2D eigenvalue weighted by molar-refractivity contribution is 7.92. The number of benzene rings is 3.